The Morgan fingerprint density at radius 2 is 1.66 bits per heavy atom. The SMILES string of the molecule is Cc1ccc(CC2COC(CN3C(=O)C4C(C3=O)C4(C)C)CN2C2CCC(c3cc(C)n(C)n3)CC2)cc1. The molecule has 3 heterocycles. The molecule has 4 aliphatic rings. The van der Waals surface area contributed by atoms with Gasteiger partial charge in [-0.1, -0.05) is 43.7 Å². The van der Waals surface area contributed by atoms with E-state index in [0.717, 1.165) is 38.6 Å². The zero-order valence-corrected chi connectivity index (χ0v) is 23.5. The largest absolute Gasteiger partial charge is 0.373 e. The molecule has 7 heteroatoms. The molecular formula is C31H42N4O3. The third-order valence-corrected chi connectivity index (χ3v) is 9.99. The van der Waals surface area contributed by atoms with Gasteiger partial charge in [-0.3, -0.25) is 24.1 Å². The molecule has 38 heavy (non-hydrogen) atoms. The zero-order chi connectivity index (χ0) is 26.8. The van der Waals surface area contributed by atoms with Crippen LogP contribution >= 0.6 is 0 Å². The quantitative estimate of drug-likeness (QED) is 0.541. The van der Waals surface area contributed by atoms with Crippen LogP contribution in [-0.4, -0.2) is 69.3 Å². The highest BCUT2D eigenvalue weighted by atomic mass is 16.5. The van der Waals surface area contributed by atoms with Crippen molar-refractivity contribution in [1.29, 1.82) is 0 Å². The van der Waals surface area contributed by atoms with E-state index in [-0.39, 0.29) is 35.2 Å². The summed E-state index contributed by atoms with van der Waals surface area (Å²) in [7, 11) is 2.02. The van der Waals surface area contributed by atoms with E-state index >= 15 is 0 Å². The highest BCUT2D eigenvalue weighted by Crippen LogP contribution is 2.63. The van der Waals surface area contributed by atoms with Gasteiger partial charge in [0.15, 0.2) is 0 Å². The summed E-state index contributed by atoms with van der Waals surface area (Å²) >= 11 is 0. The summed E-state index contributed by atoms with van der Waals surface area (Å²) in [6, 6.07) is 11.9. The molecule has 204 valence electrons. The molecule has 0 spiro atoms. The lowest BCUT2D eigenvalue weighted by Gasteiger charge is -2.46. The number of carbonyl (C=O) groups is 2. The van der Waals surface area contributed by atoms with Crippen molar-refractivity contribution in [3.8, 4) is 0 Å². The second-order valence-electron chi connectivity index (χ2n) is 12.9. The van der Waals surface area contributed by atoms with E-state index in [1.54, 1.807) is 0 Å². The van der Waals surface area contributed by atoms with Gasteiger partial charge in [-0.15, -0.1) is 0 Å². The molecule has 2 saturated heterocycles. The van der Waals surface area contributed by atoms with Crippen molar-refractivity contribution in [2.45, 2.75) is 83.9 Å². The summed E-state index contributed by atoms with van der Waals surface area (Å²) in [5, 5.41) is 4.77. The lowest BCUT2D eigenvalue weighted by atomic mass is 9.82. The average molecular weight is 519 g/mol. The second-order valence-corrected chi connectivity index (χ2v) is 12.9. The van der Waals surface area contributed by atoms with Crippen LogP contribution in [0.15, 0.2) is 30.3 Å². The molecule has 0 bridgehead atoms. The van der Waals surface area contributed by atoms with Crippen LogP contribution in [0.1, 0.15) is 68.0 Å². The predicted octanol–water partition coefficient (Wildman–Crippen LogP) is 4.02. The Morgan fingerprint density at radius 3 is 2.26 bits per heavy atom. The number of nitrogens with zero attached hydrogens (tertiary/aromatic N) is 4. The Labute approximate surface area is 226 Å². The fraction of sp³-hybridized carbons (Fsp3) is 0.645. The molecule has 2 saturated carbocycles. The highest BCUT2D eigenvalue weighted by molar-refractivity contribution is 6.10. The van der Waals surface area contributed by atoms with Crippen LogP contribution in [0.3, 0.4) is 0 Å². The molecule has 0 N–H and O–H groups in total. The summed E-state index contributed by atoms with van der Waals surface area (Å²) in [6.07, 6.45) is 5.37. The van der Waals surface area contributed by atoms with Crippen molar-refractivity contribution in [1.82, 2.24) is 19.6 Å². The highest BCUT2D eigenvalue weighted by Gasteiger charge is 2.72. The van der Waals surface area contributed by atoms with Crippen LogP contribution in [0.5, 0.6) is 0 Å². The van der Waals surface area contributed by atoms with Gasteiger partial charge in [0.25, 0.3) is 0 Å². The van der Waals surface area contributed by atoms with E-state index in [0.29, 0.717) is 31.2 Å². The van der Waals surface area contributed by atoms with Crippen molar-refractivity contribution >= 4 is 11.8 Å². The van der Waals surface area contributed by atoms with Crippen molar-refractivity contribution in [3.63, 3.8) is 0 Å². The van der Waals surface area contributed by atoms with Crippen LogP contribution in [-0.2, 0) is 27.8 Å². The molecule has 4 fully saturated rings. The van der Waals surface area contributed by atoms with Crippen LogP contribution in [0, 0.1) is 31.1 Å². The van der Waals surface area contributed by atoms with Crippen molar-refractivity contribution < 1.29 is 14.3 Å². The van der Waals surface area contributed by atoms with E-state index in [9.17, 15) is 9.59 Å². The molecular weight excluding hydrogens is 476 g/mol. The number of imide groups is 1. The molecule has 7 nitrogen and oxygen atoms in total. The molecule has 4 unspecified atom stereocenters. The maximum Gasteiger partial charge on any atom is 0.233 e. The predicted molar refractivity (Wildman–Crippen MR) is 146 cm³/mol. The smallest absolute Gasteiger partial charge is 0.233 e. The minimum atomic E-state index is -0.173. The summed E-state index contributed by atoms with van der Waals surface area (Å²) in [5.41, 5.74) is 4.87. The second kappa shape index (κ2) is 9.60. The number of rotatable bonds is 6. The van der Waals surface area contributed by atoms with E-state index in [1.165, 1.54) is 27.4 Å². The lowest BCUT2D eigenvalue weighted by molar-refractivity contribution is -0.148. The summed E-state index contributed by atoms with van der Waals surface area (Å²) in [5.74, 6) is 0.277. The van der Waals surface area contributed by atoms with E-state index in [4.69, 9.17) is 9.84 Å². The van der Waals surface area contributed by atoms with E-state index < -0.39 is 0 Å². The Bertz CT molecular complexity index is 1170. The van der Waals surface area contributed by atoms with E-state index in [2.05, 4.69) is 49.1 Å². The molecule has 0 radical (unpaired) electrons. The number of likely N-dealkylation sites (tertiary alicyclic amines) is 1. The van der Waals surface area contributed by atoms with E-state index in [1.807, 2.05) is 25.6 Å². The number of aromatic nitrogens is 2. The van der Waals surface area contributed by atoms with Crippen LogP contribution in [0.4, 0.5) is 0 Å². The number of benzene rings is 1. The Hall–Kier alpha value is -2.51. The molecule has 4 atom stereocenters. The number of aryl methyl sites for hydroxylation is 3. The van der Waals surface area contributed by atoms with Crippen LogP contribution in [0.25, 0.3) is 0 Å². The molecule has 2 aliphatic heterocycles. The molecule has 2 aromatic rings. The summed E-state index contributed by atoms with van der Waals surface area (Å²) < 4.78 is 8.36. The molecule has 2 amide bonds. The topological polar surface area (TPSA) is 67.7 Å². The monoisotopic (exact) mass is 518 g/mol. The van der Waals surface area contributed by atoms with Crippen molar-refractivity contribution in [2.24, 2.45) is 24.3 Å². The van der Waals surface area contributed by atoms with Gasteiger partial charge in [-0.25, -0.2) is 0 Å². The minimum absolute atomic E-state index is 0.00749. The Kier molecular flexibility index (Phi) is 6.50. The summed E-state index contributed by atoms with van der Waals surface area (Å²) in [4.78, 5) is 30.1. The molecule has 1 aromatic carbocycles. The first-order valence-corrected chi connectivity index (χ1v) is 14.4. The lowest BCUT2D eigenvalue weighted by Crippen LogP contribution is -2.58. The van der Waals surface area contributed by atoms with Gasteiger partial charge in [-0.2, -0.15) is 5.10 Å². The zero-order valence-electron chi connectivity index (χ0n) is 23.5. The number of ether oxygens (including phenoxy) is 1. The summed E-state index contributed by atoms with van der Waals surface area (Å²) in [6.45, 7) is 10.1. The number of hydrogen-bond acceptors (Lipinski definition) is 5. The average Bonchev–Trinajstić information content (AvgIpc) is 3.16. The van der Waals surface area contributed by atoms with Gasteiger partial charge >= 0.3 is 0 Å². The minimum Gasteiger partial charge on any atom is -0.373 e. The Balaban J connectivity index is 1.15. The van der Waals surface area contributed by atoms with Gasteiger partial charge in [-0.05, 0) is 63.0 Å². The normalized spacial score (nSPS) is 33.0. The van der Waals surface area contributed by atoms with Crippen molar-refractivity contribution in [3.05, 3.63) is 52.8 Å². The number of carbonyl (C=O) groups excluding carboxylic acids is 2. The maximum atomic E-state index is 13.0. The molecule has 6 rings (SSSR count). The standard InChI is InChI=1S/C31H42N4O3/c1-19-6-8-21(9-7-19)15-24-18-38-25(17-35-29(36)27-28(30(35)37)31(27,3)4)16-34(24)23-12-10-22(11-13-23)26-14-20(2)33(5)32-26/h6-9,14,22-25,27-28H,10-13,15-18H2,1-5H3. The first-order chi connectivity index (χ1) is 18.1. The number of morpholine rings is 1. The van der Waals surface area contributed by atoms with Crippen LogP contribution < -0.4 is 0 Å². The third-order valence-electron chi connectivity index (χ3n) is 9.99. The maximum absolute atomic E-state index is 13.0. The number of hydrogen-bond donors (Lipinski definition) is 0. The van der Waals surface area contributed by atoms with Gasteiger partial charge in [0.2, 0.25) is 11.8 Å². The van der Waals surface area contributed by atoms with Gasteiger partial charge in [0.05, 0.1) is 36.8 Å². The number of amides is 2. The van der Waals surface area contributed by atoms with Gasteiger partial charge < -0.3 is 4.74 Å². The third kappa shape index (κ3) is 4.51. The van der Waals surface area contributed by atoms with Crippen molar-refractivity contribution in [2.75, 3.05) is 19.7 Å². The first kappa shape index (κ1) is 25.8. The fourth-order valence-corrected chi connectivity index (χ4v) is 7.39. The fourth-order valence-electron chi connectivity index (χ4n) is 7.39. The first-order valence-electron chi connectivity index (χ1n) is 14.4. The van der Waals surface area contributed by atoms with Gasteiger partial charge in [0, 0.05) is 37.3 Å². The van der Waals surface area contributed by atoms with Gasteiger partial charge in [0.1, 0.15) is 0 Å². The number of piperidine rings is 1. The molecule has 1 aromatic heterocycles. The molecule has 2 aliphatic carbocycles. The Morgan fingerprint density at radius 1 is 1.00 bits per heavy atom. The number of fused-ring (bicyclic) bond motifs is 1. The van der Waals surface area contributed by atoms with Crippen LogP contribution in [0.2, 0.25) is 0 Å².